The number of rotatable bonds is 14. The fourth-order valence-electron chi connectivity index (χ4n) is 6.66. The smallest absolute Gasteiger partial charge is 0.334 e. The molecular formula is C44H62N6O5Si2. The summed E-state index contributed by atoms with van der Waals surface area (Å²) in [6.07, 6.45) is 6.14. The molecule has 0 spiro atoms. The lowest BCUT2D eigenvalue weighted by atomic mass is 9.98. The summed E-state index contributed by atoms with van der Waals surface area (Å²) in [5, 5.41) is 10.6. The number of aromatic nitrogens is 3. The Morgan fingerprint density at radius 1 is 0.930 bits per heavy atom. The third-order valence-corrected chi connectivity index (χ3v) is 21.3. The maximum Gasteiger partial charge on any atom is 0.334 e. The highest BCUT2D eigenvalue weighted by molar-refractivity contribution is 6.74. The molecule has 1 amide bonds. The van der Waals surface area contributed by atoms with Crippen LogP contribution in [0.2, 0.25) is 36.3 Å². The van der Waals surface area contributed by atoms with Gasteiger partial charge in [0.2, 0.25) is 0 Å². The van der Waals surface area contributed by atoms with E-state index in [4.69, 9.17) is 19.3 Å². The molecule has 1 atom stereocenters. The van der Waals surface area contributed by atoms with Crippen LogP contribution in [0.1, 0.15) is 73.3 Å². The van der Waals surface area contributed by atoms with Crippen LogP contribution in [0.15, 0.2) is 83.3 Å². The average Bonchev–Trinajstić information content (AvgIpc) is 3.45. The zero-order chi connectivity index (χ0) is 41.8. The van der Waals surface area contributed by atoms with Gasteiger partial charge in [-0.15, -0.1) is 0 Å². The SMILES string of the molecule is CC(C)(C)[Si](C)(C)OCCC(/C=C(/C#N)C(=O)N1CCC[C@@H](n2c(=O)n(-c3ccc(Oc4ccccc4)cc3)c3c(N)nccc32)C1)CCO[Si](C)(C)C(C)(C)C. The summed E-state index contributed by atoms with van der Waals surface area (Å²) in [6, 6.07) is 20.4. The molecule has 4 aromatic rings. The van der Waals surface area contributed by atoms with E-state index >= 15 is 0 Å². The van der Waals surface area contributed by atoms with Crippen molar-refractivity contribution in [3.05, 3.63) is 89.0 Å². The van der Waals surface area contributed by atoms with Crippen molar-refractivity contribution in [1.29, 1.82) is 5.26 Å². The Morgan fingerprint density at radius 2 is 1.51 bits per heavy atom. The van der Waals surface area contributed by atoms with Crippen molar-refractivity contribution in [3.63, 3.8) is 0 Å². The third-order valence-electron chi connectivity index (χ3n) is 12.2. The molecule has 13 heteroatoms. The Balaban J connectivity index is 1.39. The molecular weight excluding hydrogens is 749 g/mol. The van der Waals surface area contributed by atoms with E-state index in [1.807, 2.05) is 60.7 Å². The van der Waals surface area contributed by atoms with Gasteiger partial charge in [-0.25, -0.2) is 9.78 Å². The summed E-state index contributed by atoms with van der Waals surface area (Å²) in [7, 11) is -3.98. The number of hydrogen-bond acceptors (Lipinski definition) is 8. The van der Waals surface area contributed by atoms with E-state index in [-0.39, 0.29) is 51.6 Å². The molecule has 0 aliphatic carbocycles. The molecule has 1 saturated heterocycles. The Hall–Kier alpha value is -4.49. The van der Waals surface area contributed by atoms with Crippen LogP contribution < -0.4 is 16.2 Å². The van der Waals surface area contributed by atoms with Gasteiger partial charge < -0.3 is 24.2 Å². The topological polar surface area (TPSA) is 138 Å². The van der Waals surface area contributed by atoms with Crippen LogP contribution in [0.4, 0.5) is 5.82 Å². The number of likely N-dealkylation sites (tertiary alicyclic amines) is 1. The summed E-state index contributed by atoms with van der Waals surface area (Å²) in [6.45, 7) is 24.1. The fraction of sp³-hybridized carbons (Fsp3) is 0.500. The van der Waals surface area contributed by atoms with Gasteiger partial charge in [0.05, 0.1) is 17.2 Å². The number of fused-ring (bicyclic) bond motifs is 1. The number of hydrogen-bond donors (Lipinski definition) is 1. The number of anilines is 1. The van der Waals surface area contributed by atoms with E-state index in [0.717, 1.165) is 0 Å². The van der Waals surface area contributed by atoms with Crippen LogP contribution in [0.3, 0.4) is 0 Å². The van der Waals surface area contributed by atoms with Crippen molar-refractivity contribution in [2.45, 2.75) is 110 Å². The first-order chi connectivity index (χ1) is 26.7. The second kappa shape index (κ2) is 17.6. The van der Waals surface area contributed by atoms with Crippen molar-refractivity contribution in [2.24, 2.45) is 5.92 Å². The van der Waals surface area contributed by atoms with E-state index in [1.165, 1.54) is 0 Å². The number of ether oxygens (including phenoxy) is 1. The van der Waals surface area contributed by atoms with Crippen LogP contribution in [-0.4, -0.2) is 67.9 Å². The van der Waals surface area contributed by atoms with E-state index in [1.54, 1.807) is 26.3 Å². The first-order valence-electron chi connectivity index (χ1n) is 20.1. The molecule has 0 radical (unpaired) electrons. The molecule has 0 saturated carbocycles. The van der Waals surface area contributed by atoms with E-state index in [0.29, 0.717) is 73.7 Å². The number of para-hydroxylation sites is 1. The maximum absolute atomic E-state index is 14.4. The zero-order valence-corrected chi connectivity index (χ0v) is 37.6. The highest BCUT2D eigenvalue weighted by Crippen LogP contribution is 2.38. The molecule has 0 unspecified atom stereocenters. The summed E-state index contributed by atoms with van der Waals surface area (Å²) >= 11 is 0. The van der Waals surface area contributed by atoms with Crippen molar-refractivity contribution in [3.8, 4) is 23.3 Å². The predicted molar refractivity (Wildman–Crippen MR) is 234 cm³/mol. The first kappa shape index (κ1) is 43.6. The zero-order valence-electron chi connectivity index (χ0n) is 35.6. The molecule has 57 heavy (non-hydrogen) atoms. The molecule has 2 aromatic carbocycles. The van der Waals surface area contributed by atoms with E-state index in [2.05, 4.69) is 78.8 Å². The summed E-state index contributed by atoms with van der Waals surface area (Å²) in [4.78, 5) is 34.7. The maximum atomic E-state index is 14.4. The summed E-state index contributed by atoms with van der Waals surface area (Å²) in [5.74, 6) is 1.16. The predicted octanol–water partition coefficient (Wildman–Crippen LogP) is 9.62. The minimum absolute atomic E-state index is 0.0704. The summed E-state index contributed by atoms with van der Waals surface area (Å²) < 4.78 is 22.4. The van der Waals surface area contributed by atoms with Gasteiger partial charge in [0.15, 0.2) is 16.6 Å². The molecule has 1 fully saturated rings. The Labute approximate surface area is 340 Å². The number of amides is 1. The number of nitrogen functional groups attached to an aromatic ring is 1. The van der Waals surface area contributed by atoms with Gasteiger partial charge in [-0.05, 0) is 110 Å². The molecule has 1 aliphatic rings. The van der Waals surface area contributed by atoms with Crippen molar-refractivity contribution < 1.29 is 18.4 Å². The number of piperidine rings is 1. The first-order valence-corrected chi connectivity index (χ1v) is 26.0. The van der Waals surface area contributed by atoms with Crippen LogP contribution >= 0.6 is 0 Å². The number of carbonyl (C=O) groups excluding carboxylic acids is 1. The van der Waals surface area contributed by atoms with Gasteiger partial charge in [0.25, 0.3) is 5.91 Å². The third kappa shape index (κ3) is 10.2. The van der Waals surface area contributed by atoms with Crippen molar-refractivity contribution in [1.82, 2.24) is 19.0 Å². The molecule has 2 N–H and O–H groups in total. The van der Waals surface area contributed by atoms with Crippen LogP contribution in [0, 0.1) is 17.2 Å². The van der Waals surface area contributed by atoms with Gasteiger partial charge in [0, 0.05) is 32.5 Å². The standard InChI is InChI=1S/C44H62N6O5Si2/c1-43(2,3)56(7,8)53-27-23-32(24-28-54-57(9,10)44(4,5)6)29-33(30-45)41(51)48-26-14-15-35(31-48)49-38-22-25-47-40(46)39(38)50(42(49)52)34-18-20-37(21-19-34)55-36-16-12-11-13-17-36/h11-13,16-22,25,29,32,35H,14-15,23-24,26-28,31H2,1-10H3,(H2,46,47)/b33-29-/t35-/m1/s1. The summed E-state index contributed by atoms with van der Waals surface area (Å²) in [5.41, 5.74) is 8.03. The minimum Gasteiger partial charge on any atom is -0.457 e. The van der Waals surface area contributed by atoms with Gasteiger partial charge in [0.1, 0.15) is 34.5 Å². The number of pyridine rings is 1. The Bertz CT molecular complexity index is 2110. The molecule has 3 heterocycles. The van der Waals surface area contributed by atoms with Crippen LogP contribution in [-0.2, 0) is 13.6 Å². The highest BCUT2D eigenvalue weighted by Gasteiger charge is 2.38. The second-order valence-electron chi connectivity index (χ2n) is 18.3. The number of imidazole rings is 1. The van der Waals surface area contributed by atoms with Gasteiger partial charge in [-0.3, -0.25) is 13.9 Å². The van der Waals surface area contributed by atoms with E-state index < -0.39 is 16.6 Å². The fourth-order valence-corrected chi connectivity index (χ4v) is 8.78. The van der Waals surface area contributed by atoms with Crippen molar-refractivity contribution >= 4 is 39.4 Å². The Kier molecular flexibility index (Phi) is 13.4. The van der Waals surface area contributed by atoms with Gasteiger partial charge in [-0.1, -0.05) is 65.8 Å². The molecule has 2 aromatic heterocycles. The average molecular weight is 811 g/mol. The quantitative estimate of drug-likeness (QED) is 0.0755. The second-order valence-corrected chi connectivity index (χ2v) is 27.9. The molecule has 0 bridgehead atoms. The molecule has 306 valence electrons. The van der Waals surface area contributed by atoms with Crippen molar-refractivity contribution in [2.75, 3.05) is 32.0 Å². The lowest BCUT2D eigenvalue weighted by molar-refractivity contribution is -0.128. The number of carbonyl (C=O) groups is 1. The molecule has 1 aliphatic heterocycles. The number of allylic oxidation sites excluding steroid dienone is 1. The number of nitrogens with zero attached hydrogens (tertiary/aromatic N) is 5. The van der Waals surface area contributed by atoms with E-state index in [9.17, 15) is 14.9 Å². The van der Waals surface area contributed by atoms with Gasteiger partial charge >= 0.3 is 5.69 Å². The number of benzene rings is 2. The van der Waals surface area contributed by atoms with Crippen LogP contribution in [0.5, 0.6) is 11.5 Å². The minimum atomic E-state index is -1.99. The monoisotopic (exact) mass is 810 g/mol. The number of nitrogens with two attached hydrogens (primary N) is 1. The highest BCUT2D eigenvalue weighted by atomic mass is 28.4. The normalized spacial score (nSPS) is 15.9. The number of nitriles is 1. The Morgan fingerprint density at radius 3 is 2.07 bits per heavy atom. The molecule has 5 rings (SSSR count). The lowest BCUT2D eigenvalue weighted by Gasteiger charge is -2.37. The van der Waals surface area contributed by atoms with Gasteiger partial charge in [-0.2, -0.15) is 5.26 Å². The van der Waals surface area contributed by atoms with Crippen LogP contribution in [0.25, 0.3) is 16.7 Å². The lowest BCUT2D eigenvalue weighted by Crippen LogP contribution is -2.43. The largest absolute Gasteiger partial charge is 0.457 e. The molecule has 11 nitrogen and oxygen atoms in total.